The van der Waals surface area contributed by atoms with Gasteiger partial charge in [0.05, 0.1) is 4.92 Å². The molecule has 0 saturated carbocycles. The number of rotatable bonds is 1. The van der Waals surface area contributed by atoms with Crippen molar-refractivity contribution in [3.8, 4) is 0 Å². The molecule has 1 aliphatic heterocycles. The van der Waals surface area contributed by atoms with Crippen LogP contribution in [0.5, 0.6) is 0 Å². The molecule has 1 heterocycles. The van der Waals surface area contributed by atoms with Gasteiger partial charge < -0.3 is 4.90 Å². The summed E-state index contributed by atoms with van der Waals surface area (Å²) in [7, 11) is 0. The number of hydrogen-bond donors (Lipinski definition) is 0. The van der Waals surface area contributed by atoms with Crippen LogP contribution in [0.1, 0.15) is 18.1 Å². The van der Waals surface area contributed by atoms with E-state index in [4.69, 9.17) is 5.39 Å². The van der Waals surface area contributed by atoms with Crippen LogP contribution in [0.15, 0.2) is 12.1 Å². The number of carbonyl (C=O) groups excluding carboxylic acids is 1. The zero-order valence-corrected chi connectivity index (χ0v) is 9.79. The molecular formula is C11H11N4O3+. The molecule has 0 radical (unpaired) electrons. The van der Waals surface area contributed by atoms with Gasteiger partial charge in [-0.05, 0) is 17.5 Å². The lowest BCUT2D eigenvalue weighted by molar-refractivity contribution is -0.383. The van der Waals surface area contributed by atoms with Gasteiger partial charge in [0.1, 0.15) is 0 Å². The normalized spacial score (nSPS) is 13.7. The summed E-state index contributed by atoms with van der Waals surface area (Å²) in [5, 5.41) is 19.6. The minimum absolute atomic E-state index is 0.0403. The van der Waals surface area contributed by atoms with Gasteiger partial charge in [-0.25, -0.2) is 0 Å². The van der Waals surface area contributed by atoms with E-state index in [1.54, 1.807) is 4.90 Å². The summed E-state index contributed by atoms with van der Waals surface area (Å²) in [5.74, 6) is -0.0403. The maximum atomic E-state index is 11.3. The third-order valence-corrected chi connectivity index (χ3v) is 3.06. The van der Waals surface area contributed by atoms with Crippen molar-refractivity contribution in [3.05, 3.63) is 38.3 Å². The van der Waals surface area contributed by atoms with Gasteiger partial charge in [-0.2, -0.15) is 0 Å². The lowest BCUT2D eigenvalue weighted by Crippen LogP contribution is -2.34. The van der Waals surface area contributed by atoms with Crippen molar-refractivity contribution >= 4 is 17.3 Å². The number of benzene rings is 1. The smallest absolute Gasteiger partial charge is 0.338 e. The van der Waals surface area contributed by atoms with E-state index in [2.05, 4.69) is 4.98 Å². The number of fused-ring (bicyclic) bond motifs is 1. The molecular weight excluding hydrogens is 236 g/mol. The minimum Gasteiger partial charge on any atom is -0.338 e. The zero-order valence-electron chi connectivity index (χ0n) is 9.79. The summed E-state index contributed by atoms with van der Waals surface area (Å²) in [6, 6.07) is 2.88. The number of diazo groups is 1. The van der Waals surface area contributed by atoms with Gasteiger partial charge in [-0.15, -0.1) is 0 Å². The molecule has 0 spiro atoms. The first-order chi connectivity index (χ1) is 8.52. The average molecular weight is 247 g/mol. The van der Waals surface area contributed by atoms with Crippen LogP contribution in [0.3, 0.4) is 0 Å². The van der Waals surface area contributed by atoms with Crippen molar-refractivity contribution in [2.75, 3.05) is 6.54 Å². The van der Waals surface area contributed by atoms with E-state index < -0.39 is 4.92 Å². The summed E-state index contributed by atoms with van der Waals surface area (Å²) in [6.45, 7) is 2.42. The van der Waals surface area contributed by atoms with E-state index in [1.165, 1.54) is 19.1 Å². The summed E-state index contributed by atoms with van der Waals surface area (Å²) in [4.78, 5) is 26.1. The first-order valence-electron chi connectivity index (χ1n) is 5.43. The van der Waals surface area contributed by atoms with Crippen LogP contribution >= 0.6 is 0 Å². The topological polar surface area (TPSA) is 91.6 Å². The van der Waals surface area contributed by atoms with E-state index in [-0.39, 0.29) is 17.3 Å². The lowest BCUT2D eigenvalue weighted by atomic mass is 9.98. The fourth-order valence-electron chi connectivity index (χ4n) is 2.08. The molecule has 0 saturated heterocycles. The molecule has 1 aromatic carbocycles. The van der Waals surface area contributed by atoms with E-state index in [0.29, 0.717) is 19.5 Å². The first-order valence-corrected chi connectivity index (χ1v) is 5.43. The Hall–Kier alpha value is -2.49. The Morgan fingerprint density at radius 2 is 2.22 bits per heavy atom. The van der Waals surface area contributed by atoms with Crippen LogP contribution in [-0.4, -0.2) is 22.3 Å². The Bertz CT molecular complexity index is 576. The van der Waals surface area contributed by atoms with Crippen LogP contribution in [0.4, 0.5) is 11.4 Å². The number of nitrogens with zero attached hydrogens (tertiary/aromatic N) is 4. The maximum Gasteiger partial charge on any atom is 0.461 e. The van der Waals surface area contributed by atoms with Gasteiger partial charge in [0.25, 0.3) is 0 Å². The van der Waals surface area contributed by atoms with E-state index >= 15 is 0 Å². The van der Waals surface area contributed by atoms with Crippen molar-refractivity contribution in [3.63, 3.8) is 0 Å². The second-order valence-corrected chi connectivity index (χ2v) is 4.16. The Morgan fingerprint density at radius 1 is 1.50 bits per heavy atom. The molecule has 1 aliphatic rings. The molecule has 1 aromatic rings. The molecule has 0 fully saturated rings. The Kier molecular flexibility index (Phi) is 2.93. The van der Waals surface area contributed by atoms with Crippen LogP contribution in [0.2, 0.25) is 0 Å². The number of nitro groups is 1. The van der Waals surface area contributed by atoms with Crippen LogP contribution in [-0.2, 0) is 17.8 Å². The molecule has 0 bridgehead atoms. The van der Waals surface area contributed by atoms with Crippen molar-refractivity contribution in [2.45, 2.75) is 19.9 Å². The highest BCUT2D eigenvalue weighted by Crippen LogP contribution is 2.33. The molecule has 18 heavy (non-hydrogen) atoms. The largest absolute Gasteiger partial charge is 0.461 e. The lowest BCUT2D eigenvalue weighted by Gasteiger charge is -2.27. The van der Waals surface area contributed by atoms with E-state index in [9.17, 15) is 14.9 Å². The van der Waals surface area contributed by atoms with Gasteiger partial charge in [-0.1, -0.05) is 0 Å². The summed E-state index contributed by atoms with van der Waals surface area (Å²) >= 11 is 0. The van der Waals surface area contributed by atoms with Gasteiger partial charge in [0.15, 0.2) is 4.98 Å². The highest BCUT2D eigenvalue weighted by atomic mass is 16.6. The molecule has 0 unspecified atom stereocenters. The van der Waals surface area contributed by atoms with E-state index in [0.717, 1.165) is 11.1 Å². The monoisotopic (exact) mass is 247 g/mol. The Balaban J connectivity index is 2.45. The van der Waals surface area contributed by atoms with E-state index in [1.807, 2.05) is 0 Å². The fraction of sp³-hybridized carbons (Fsp3) is 0.364. The van der Waals surface area contributed by atoms with Crippen molar-refractivity contribution < 1.29 is 9.72 Å². The van der Waals surface area contributed by atoms with Gasteiger partial charge in [-0.3, -0.25) is 14.9 Å². The quantitative estimate of drug-likeness (QED) is 0.431. The van der Waals surface area contributed by atoms with Crippen LogP contribution in [0, 0.1) is 15.5 Å². The van der Waals surface area contributed by atoms with Gasteiger partial charge >= 0.3 is 11.4 Å². The van der Waals surface area contributed by atoms with Gasteiger partial charge in [0.2, 0.25) is 11.3 Å². The number of hydrogen-bond acceptors (Lipinski definition) is 4. The van der Waals surface area contributed by atoms with Crippen LogP contribution in [0.25, 0.3) is 4.98 Å². The molecule has 92 valence electrons. The van der Waals surface area contributed by atoms with Crippen molar-refractivity contribution in [1.82, 2.24) is 4.90 Å². The molecule has 0 N–H and O–H groups in total. The van der Waals surface area contributed by atoms with Crippen LogP contribution < -0.4 is 0 Å². The predicted octanol–water partition coefficient (Wildman–Crippen LogP) is 1.98. The third kappa shape index (κ3) is 2.00. The number of carbonyl (C=O) groups is 1. The second kappa shape index (κ2) is 4.41. The molecule has 7 nitrogen and oxygen atoms in total. The third-order valence-electron chi connectivity index (χ3n) is 3.06. The molecule has 1 amide bonds. The first kappa shape index (κ1) is 12.0. The standard InChI is InChI=1S/C11H11N4O3/c1-7(16)14-3-2-8-5-11(15(17)18)10(13-12)4-9(8)6-14/h4-5H,2-3,6H2,1H3/q+1. The Labute approximate surface area is 103 Å². The summed E-state index contributed by atoms with van der Waals surface area (Å²) in [6.07, 6.45) is 0.571. The molecule has 0 aromatic heterocycles. The summed E-state index contributed by atoms with van der Waals surface area (Å²) in [5.41, 5.74) is 1.32. The number of nitro benzene ring substituents is 1. The molecule has 0 aliphatic carbocycles. The van der Waals surface area contributed by atoms with Crippen molar-refractivity contribution in [2.24, 2.45) is 0 Å². The second-order valence-electron chi connectivity index (χ2n) is 4.16. The highest BCUT2D eigenvalue weighted by Gasteiger charge is 2.30. The van der Waals surface area contributed by atoms with Crippen molar-refractivity contribution in [1.29, 1.82) is 5.39 Å². The molecule has 0 atom stereocenters. The van der Waals surface area contributed by atoms with Gasteiger partial charge in [0, 0.05) is 32.1 Å². The maximum absolute atomic E-state index is 11.3. The summed E-state index contributed by atoms with van der Waals surface area (Å²) < 4.78 is 0. The SMILES string of the molecule is CC(=O)N1CCc2cc([N+](=O)[O-])c([N+]#N)cc2C1. The minimum atomic E-state index is -0.577. The average Bonchev–Trinajstić information content (AvgIpc) is 2.36. The fourth-order valence-corrected chi connectivity index (χ4v) is 2.08. The zero-order chi connectivity index (χ0) is 13.3. The molecule has 2 rings (SSSR count). The predicted molar refractivity (Wildman–Crippen MR) is 62.6 cm³/mol. The Morgan fingerprint density at radius 3 is 2.78 bits per heavy atom. The number of amides is 1. The molecule has 7 heteroatoms. The highest BCUT2D eigenvalue weighted by molar-refractivity contribution is 5.74.